The fraction of sp³-hybridized carbons (Fsp3) is 0.143. The topological polar surface area (TPSA) is 54.8 Å². The minimum atomic E-state index is 0.586. The zero-order valence-electron chi connectivity index (χ0n) is 13.9. The predicted molar refractivity (Wildman–Crippen MR) is 97.1 cm³/mol. The zero-order chi connectivity index (χ0) is 17.2. The molecular formula is C21H17N3O. The number of hydrogen-bond donors (Lipinski definition) is 0. The third-order valence-corrected chi connectivity index (χ3v) is 4.44. The first-order valence-electron chi connectivity index (χ1n) is 8.30. The van der Waals surface area contributed by atoms with Crippen molar-refractivity contribution in [2.24, 2.45) is 0 Å². The van der Waals surface area contributed by atoms with Gasteiger partial charge in [-0.05, 0) is 17.7 Å². The summed E-state index contributed by atoms with van der Waals surface area (Å²) in [6, 6.07) is 16.3. The first kappa shape index (κ1) is 15.2. The van der Waals surface area contributed by atoms with Crippen LogP contribution in [0.25, 0.3) is 22.1 Å². The molecule has 0 unspecified atom stereocenters. The number of furan rings is 1. The van der Waals surface area contributed by atoms with E-state index in [4.69, 9.17) is 4.42 Å². The lowest BCUT2D eigenvalue weighted by Gasteiger charge is -2.09. The van der Waals surface area contributed by atoms with Crippen LogP contribution in [-0.4, -0.2) is 9.55 Å². The normalized spacial score (nSPS) is 10.9. The molecule has 2 aromatic heterocycles. The van der Waals surface area contributed by atoms with Crippen molar-refractivity contribution in [2.75, 3.05) is 0 Å². The smallest absolute Gasteiger partial charge is 0.135 e. The molecule has 2 heterocycles. The molecular weight excluding hydrogens is 310 g/mol. The van der Waals surface area contributed by atoms with Gasteiger partial charge < -0.3 is 8.98 Å². The van der Waals surface area contributed by atoms with E-state index < -0.39 is 0 Å². The van der Waals surface area contributed by atoms with Crippen LogP contribution in [0.2, 0.25) is 0 Å². The standard InChI is InChI=1S/C21H17N3O/c1-2-18-20(15-6-4-3-5-7-15)21-17(13-24-11-10-23-14-24)16(12-22)8-9-19(21)25-18/h3-11,14H,2,13H2,1H3. The molecule has 25 heavy (non-hydrogen) atoms. The summed E-state index contributed by atoms with van der Waals surface area (Å²) >= 11 is 0. The Bertz CT molecular complexity index is 1050. The molecule has 4 nitrogen and oxygen atoms in total. The maximum atomic E-state index is 9.63. The number of aromatic nitrogens is 2. The van der Waals surface area contributed by atoms with Gasteiger partial charge in [-0.15, -0.1) is 0 Å². The molecule has 0 aliphatic heterocycles. The molecule has 4 aromatic rings. The first-order valence-corrected chi connectivity index (χ1v) is 8.30. The lowest BCUT2D eigenvalue weighted by atomic mass is 9.95. The summed E-state index contributed by atoms with van der Waals surface area (Å²) in [6.07, 6.45) is 6.22. The SMILES string of the molecule is CCc1oc2ccc(C#N)c(Cn3ccnc3)c2c1-c1ccccc1. The summed E-state index contributed by atoms with van der Waals surface area (Å²) in [5.41, 5.74) is 4.66. The van der Waals surface area contributed by atoms with Crippen LogP contribution in [0.1, 0.15) is 23.8 Å². The lowest BCUT2D eigenvalue weighted by molar-refractivity contribution is 0.558. The van der Waals surface area contributed by atoms with Gasteiger partial charge in [0, 0.05) is 35.3 Å². The Hall–Kier alpha value is -3.32. The number of nitrogens with zero attached hydrogens (tertiary/aromatic N) is 3. The van der Waals surface area contributed by atoms with E-state index in [9.17, 15) is 5.26 Å². The van der Waals surface area contributed by atoms with E-state index in [1.54, 1.807) is 12.5 Å². The van der Waals surface area contributed by atoms with Gasteiger partial charge >= 0.3 is 0 Å². The molecule has 2 aromatic carbocycles. The number of fused-ring (bicyclic) bond motifs is 1. The van der Waals surface area contributed by atoms with Crippen LogP contribution in [0.4, 0.5) is 0 Å². The van der Waals surface area contributed by atoms with Crippen molar-refractivity contribution in [3.63, 3.8) is 0 Å². The predicted octanol–water partition coefficient (Wildman–Crippen LogP) is 4.78. The van der Waals surface area contributed by atoms with Crippen molar-refractivity contribution < 1.29 is 4.42 Å². The maximum absolute atomic E-state index is 9.63. The quantitative estimate of drug-likeness (QED) is 0.542. The van der Waals surface area contributed by atoms with Crippen molar-refractivity contribution in [1.29, 1.82) is 5.26 Å². The van der Waals surface area contributed by atoms with Crippen LogP contribution in [0.15, 0.2) is 65.6 Å². The number of aryl methyl sites for hydroxylation is 1. The van der Waals surface area contributed by atoms with Crippen molar-refractivity contribution in [3.8, 4) is 17.2 Å². The molecule has 0 N–H and O–H groups in total. The van der Waals surface area contributed by atoms with E-state index in [1.807, 2.05) is 41.1 Å². The Balaban J connectivity index is 2.04. The van der Waals surface area contributed by atoms with Gasteiger partial charge in [0.1, 0.15) is 11.3 Å². The van der Waals surface area contributed by atoms with E-state index in [1.165, 1.54) is 0 Å². The molecule has 4 rings (SSSR count). The number of hydrogen-bond acceptors (Lipinski definition) is 3. The van der Waals surface area contributed by atoms with E-state index >= 15 is 0 Å². The van der Waals surface area contributed by atoms with Gasteiger partial charge in [-0.1, -0.05) is 37.3 Å². The summed E-state index contributed by atoms with van der Waals surface area (Å²) in [6.45, 7) is 2.67. The molecule has 0 radical (unpaired) electrons. The molecule has 0 amide bonds. The Kier molecular flexibility index (Phi) is 3.83. The second-order valence-electron chi connectivity index (χ2n) is 5.93. The molecule has 122 valence electrons. The van der Waals surface area contributed by atoms with E-state index in [0.29, 0.717) is 12.1 Å². The average Bonchev–Trinajstić information content (AvgIpc) is 3.29. The van der Waals surface area contributed by atoms with Gasteiger partial charge in [0.2, 0.25) is 0 Å². The zero-order valence-corrected chi connectivity index (χ0v) is 13.9. The van der Waals surface area contributed by atoms with Crippen LogP contribution < -0.4 is 0 Å². The van der Waals surface area contributed by atoms with Gasteiger partial charge in [0.25, 0.3) is 0 Å². The minimum Gasteiger partial charge on any atom is -0.460 e. The largest absolute Gasteiger partial charge is 0.460 e. The monoisotopic (exact) mass is 327 g/mol. The molecule has 0 spiro atoms. The van der Waals surface area contributed by atoms with E-state index in [2.05, 4.69) is 30.1 Å². The summed E-state index contributed by atoms with van der Waals surface area (Å²) in [4.78, 5) is 4.11. The Labute approximate surface area is 146 Å². The summed E-state index contributed by atoms with van der Waals surface area (Å²) in [5.74, 6) is 0.947. The van der Waals surface area contributed by atoms with Gasteiger partial charge in [-0.2, -0.15) is 5.26 Å². The van der Waals surface area contributed by atoms with Gasteiger partial charge in [0.15, 0.2) is 0 Å². The highest BCUT2D eigenvalue weighted by Crippen LogP contribution is 2.38. The molecule has 0 saturated carbocycles. The Morgan fingerprint density at radius 3 is 2.68 bits per heavy atom. The van der Waals surface area contributed by atoms with Gasteiger partial charge in [-0.3, -0.25) is 0 Å². The molecule has 0 atom stereocenters. The van der Waals surface area contributed by atoms with Crippen LogP contribution in [0, 0.1) is 11.3 Å². The fourth-order valence-corrected chi connectivity index (χ4v) is 3.30. The van der Waals surface area contributed by atoms with Crippen LogP contribution in [-0.2, 0) is 13.0 Å². The van der Waals surface area contributed by atoms with Crippen LogP contribution in [0.3, 0.4) is 0 Å². The first-order chi connectivity index (χ1) is 12.3. The van der Waals surface area contributed by atoms with E-state index in [-0.39, 0.29) is 0 Å². The second kappa shape index (κ2) is 6.29. The lowest BCUT2D eigenvalue weighted by Crippen LogP contribution is -2.00. The molecule has 0 saturated heterocycles. The van der Waals surface area contributed by atoms with Gasteiger partial charge in [0.05, 0.1) is 24.5 Å². The number of nitriles is 1. The second-order valence-corrected chi connectivity index (χ2v) is 5.93. The molecule has 0 bridgehead atoms. The third-order valence-electron chi connectivity index (χ3n) is 4.44. The van der Waals surface area contributed by atoms with Crippen molar-refractivity contribution >= 4 is 11.0 Å². The molecule has 0 aliphatic carbocycles. The number of rotatable bonds is 4. The Morgan fingerprint density at radius 2 is 2.00 bits per heavy atom. The highest BCUT2D eigenvalue weighted by atomic mass is 16.3. The van der Waals surface area contributed by atoms with Crippen molar-refractivity contribution in [2.45, 2.75) is 19.9 Å². The van der Waals surface area contributed by atoms with E-state index in [0.717, 1.165) is 39.8 Å². The van der Waals surface area contributed by atoms with Crippen LogP contribution >= 0.6 is 0 Å². The highest BCUT2D eigenvalue weighted by Gasteiger charge is 2.20. The van der Waals surface area contributed by atoms with Gasteiger partial charge in [-0.25, -0.2) is 4.98 Å². The summed E-state index contributed by atoms with van der Waals surface area (Å²) < 4.78 is 8.10. The Morgan fingerprint density at radius 1 is 1.16 bits per heavy atom. The molecule has 0 aliphatic rings. The van der Waals surface area contributed by atoms with Crippen LogP contribution in [0.5, 0.6) is 0 Å². The summed E-state index contributed by atoms with van der Waals surface area (Å²) in [7, 11) is 0. The maximum Gasteiger partial charge on any atom is 0.135 e. The average molecular weight is 327 g/mol. The molecule has 4 heteroatoms. The molecule has 0 fully saturated rings. The van der Waals surface area contributed by atoms with Crippen molar-refractivity contribution in [3.05, 3.63) is 78.1 Å². The third kappa shape index (κ3) is 2.60. The number of benzene rings is 2. The minimum absolute atomic E-state index is 0.586. The highest BCUT2D eigenvalue weighted by molar-refractivity contribution is 5.99. The fourth-order valence-electron chi connectivity index (χ4n) is 3.30. The van der Waals surface area contributed by atoms with Crippen molar-refractivity contribution in [1.82, 2.24) is 9.55 Å². The summed E-state index contributed by atoms with van der Waals surface area (Å²) in [5, 5.41) is 10.7. The number of imidazole rings is 1.